The molecule has 4 fully saturated rings. The second-order valence-electron chi connectivity index (χ2n) is 9.09. The first-order valence-electron chi connectivity index (χ1n) is 9.91. The minimum atomic E-state index is -0.399. The van der Waals surface area contributed by atoms with Crippen molar-refractivity contribution >= 4 is 11.9 Å². The Labute approximate surface area is 155 Å². The highest BCUT2D eigenvalue weighted by molar-refractivity contribution is 6.00. The van der Waals surface area contributed by atoms with E-state index in [2.05, 4.69) is 17.2 Å². The van der Waals surface area contributed by atoms with Gasteiger partial charge in [-0.05, 0) is 88.0 Å². The highest BCUT2D eigenvalue weighted by atomic mass is 16.5. The van der Waals surface area contributed by atoms with Gasteiger partial charge in [0.1, 0.15) is 5.69 Å². The minimum Gasteiger partial charge on any atom is -0.465 e. The van der Waals surface area contributed by atoms with Crippen LogP contribution in [0.15, 0.2) is 0 Å². The van der Waals surface area contributed by atoms with E-state index in [0.29, 0.717) is 22.5 Å². The van der Waals surface area contributed by atoms with E-state index in [1.165, 1.54) is 45.6 Å². The molecule has 1 atom stereocenters. The lowest BCUT2D eigenvalue weighted by atomic mass is 9.48. The van der Waals surface area contributed by atoms with Gasteiger partial charge in [0.2, 0.25) is 0 Å². The average molecular weight is 358 g/mol. The van der Waals surface area contributed by atoms with Crippen molar-refractivity contribution in [3.63, 3.8) is 0 Å². The summed E-state index contributed by atoms with van der Waals surface area (Å²) >= 11 is 0. The molecule has 4 aliphatic rings. The molecule has 0 radical (unpaired) electrons. The largest absolute Gasteiger partial charge is 0.465 e. The summed E-state index contributed by atoms with van der Waals surface area (Å²) in [5, 5.41) is 3.27. The molecule has 0 spiro atoms. The molecule has 1 aromatic rings. The molecule has 0 unspecified atom stereocenters. The van der Waals surface area contributed by atoms with Crippen LogP contribution in [0.1, 0.15) is 77.6 Å². The number of H-pyrrole nitrogens is 1. The van der Waals surface area contributed by atoms with Crippen molar-refractivity contribution < 1.29 is 14.3 Å². The lowest BCUT2D eigenvalue weighted by Crippen LogP contribution is -2.55. The normalized spacial score (nSPS) is 33.2. The molecule has 1 amide bonds. The van der Waals surface area contributed by atoms with Gasteiger partial charge in [0.15, 0.2) is 0 Å². The predicted molar refractivity (Wildman–Crippen MR) is 99.1 cm³/mol. The second kappa shape index (κ2) is 6.14. The maximum Gasteiger partial charge on any atom is 0.339 e. The van der Waals surface area contributed by atoms with Crippen molar-refractivity contribution in [1.29, 1.82) is 0 Å². The van der Waals surface area contributed by atoms with E-state index in [1.807, 2.05) is 0 Å². The van der Waals surface area contributed by atoms with Gasteiger partial charge in [0, 0.05) is 11.7 Å². The van der Waals surface area contributed by atoms with Crippen LogP contribution in [0.3, 0.4) is 0 Å². The molecular weight excluding hydrogens is 328 g/mol. The molecule has 142 valence electrons. The van der Waals surface area contributed by atoms with Crippen molar-refractivity contribution in [1.82, 2.24) is 10.3 Å². The molecule has 0 aliphatic heterocycles. The maximum atomic E-state index is 13.0. The molecule has 5 nitrogen and oxygen atoms in total. The van der Waals surface area contributed by atoms with Crippen molar-refractivity contribution in [3.05, 3.63) is 22.5 Å². The predicted octanol–water partition coefficient (Wildman–Crippen LogP) is 3.75. The number of methoxy groups -OCH3 is 1. The van der Waals surface area contributed by atoms with Crippen molar-refractivity contribution in [2.75, 3.05) is 7.11 Å². The van der Waals surface area contributed by atoms with Crippen LogP contribution < -0.4 is 5.32 Å². The maximum absolute atomic E-state index is 13.0. The number of hydrogen-bond acceptors (Lipinski definition) is 3. The van der Waals surface area contributed by atoms with Crippen LogP contribution in [0.5, 0.6) is 0 Å². The Balaban J connectivity index is 1.53. The SMILES string of the molecule is COC(=O)c1c(C)[nH]c(C(=O)N[C@H](C)C23CC4CC(CC(C4)C2)C3)c1C. The van der Waals surface area contributed by atoms with E-state index in [4.69, 9.17) is 4.74 Å². The molecule has 0 aromatic carbocycles. The zero-order valence-corrected chi connectivity index (χ0v) is 16.3. The number of rotatable bonds is 4. The minimum absolute atomic E-state index is 0.107. The standard InChI is InChI=1S/C21H30N2O3/c1-11-17(20(25)26-4)12(2)22-18(11)19(24)23-13(3)21-8-14-5-15(9-21)7-16(6-14)10-21/h13-16,22H,5-10H2,1-4H3,(H,23,24)/t13-,14?,15?,16?,21?/m1/s1. The first-order valence-corrected chi connectivity index (χ1v) is 9.91. The van der Waals surface area contributed by atoms with Crippen LogP contribution in [-0.4, -0.2) is 30.0 Å². The van der Waals surface area contributed by atoms with Gasteiger partial charge in [-0.3, -0.25) is 4.79 Å². The Bertz CT molecular complexity index is 713. The number of ether oxygens (including phenoxy) is 1. The van der Waals surface area contributed by atoms with Crippen LogP contribution in [0.2, 0.25) is 0 Å². The molecule has 5 rings (SSSR count). The fraction of sp³-hybridized carbons (Fsp3) is 0.714. The zero-order valence-electron chi connectivity index (χ0n) is 16.3. The van der Waals surface area contributed by atoms with E-state index in [-0.39, 0.29) is 17.4 Å². The van der Waals surface area contributed by atoms with Crippen LogP contribution in [-0.2, 0) is 4.74 Å². The van der Waals surface area contributed by atoms with Crippen molar-refractivity contribution in [2.24, 2.45) is 23.2 Å². The first kappa shape index (κ1) is 17.6. The zero-order chi connectivity index (χ0) is 18.6. The first-order chi connectivity index (χ1) is 12.3. The number of esters is 1. The molecule has 26 heavy (non-hydrogen) atoms. The number of carbonyl (C=O) groups excluding carboxylic acids is 2. The molecule has 1 aromatic heterocycles. The highest BCUT2D eigenvalue weighted by Gasteiger charge is 2.53. The fourth-order valence-electron chi connectivity index (χ4n) is 6.52. The third-order valence-electron chi connectivity index (χ3n) is 7.41. The summed E-state index contributed by atoms with van der Waals surface area (Å²) in [5.41, 5.74) is 2.58. The van der Waals surface area contributed by atoms with Crippen molar-refractivity contribution in [2.45, 2.75) is 65.3 Å². The van der Waals surface area contributed by atoms with Crippen LogP contribution >= 0.6 is 0 Å². The number of aromatic amines is 1. The number of aryl methyl sites for hydroxylation is 1. The molecule has 4 aliphatic carbocycles. The Morgan fingerprint density at radius 2 is 1.65 bits per heavy atom. The fourth-order valence-corrected chi connectivity index (χ4v) is 6.52. The van der Waals surface area contributed by atoms with E-state index in [9.17, 15) is 9.59 Å². The average Bonchev–Trinajstić information content (AvgIpc) is 2.87. The summed E-state index contributed by atoms with van der Waals surface area (Å²) in [5.74, 6) is 2.08. The summed E-state index contributed by atoms with van der Waals surface area (Å²) in [6, 6.07) is 0.160. The summed E-state index contributed by atoms with van der Waals surface area (Å²) in [4.78, 5) is 28.0. The summed E-state index contributed by atoms with van der Waals surface area (Å²) in [7, 11) is 1.36. The van der Waals surface area contributed by atoms with E-state index >= 15 is 0 Å². The molecule has 5 heteroatoms. The van der Waals surface area contributed by atoms with E-state index in [0.717, 1.165) is 17.8 Å². The molecule has 1 heterocycles. The van der Waals surface area contributed by atoms with Gasteiger partial charge >= 0.3 is 5.97 Å². The van der Waals surface area contributed by atoms with E-state index < -0.39 is 5.97 Å². The lowest BCUT2D eigenvalue weighted by Gasteiger charge is -2.59. The molecule has 4 bridgehead atoms. The monoisotopic (exact) mass is 358 g/mol. The Hall–Kier alpha value is -1.78. The number of carbonyl (C=O) groups is 2. The van der Waals surface area contributed by atoms with Gasteiger partial charge in [0.05, 0.1) is 12.7 Å². The Morgan fingerprint density at radius 1 is 1.12 bits per heavy atom. The third kappa shape index (κ3) is 2.67. The van der Waals surface area contributed by atoms with Crippen LogP contribution in [0, 0.1) is 37.0 Å². The van der Waals surface area contributed by atoms with Crippen LogP contribution in [0.4, 0.5) is 0 Å². The molecule has 0 saturated heterocycles. The third-order valence-corrected chi connectivity index (χ3v) is 7.41. The van der Waals surface area contributed by atoms with Gasteiger partial charge in [-0.1, -0.05) is 0 Å². The van der Waals surface area contributed by atoms with Gasteiger partial charge < -0.3 is 15.0 Å². The topological polar surface area (TPSA) is 71.2 Å². The lowest BCUT2D eigenvalue weighted by molar-refractivity contribution is -0.0688. The molecular formula is C21H30N2O3. The van der Waals surface area contributed by atoms with Gasteiger partial charge in [-0.2, -0.15) is 0 Å². The molecule has 4 saturated carbocycles. The van der Waals surface area contributed by atoms with Gasteiger partial charge in [0.25, 0.3) is 5.91 Å². The summed E-state index contributed by atoms with van der Waals surface area (Å²) in [6.45, 7) is 5.79. The second-order valence-corrected chi connectivity index (χ2v) is 9.09. The smallest absolute Gasteiger partial charge is 0.339 e. The number of hydrogen-bond donors (Lipinski definition) is 2. The van der Waals surface area contributed by atoms with Gasteiger partial charge in [-0.25, -0.2) is 4.79 Å². The van der Waals surface area contributed by atoms with Crippen LogP contribution in [0.25, 0.3) is 0 Å². The number of nitrogens with one attached hydrogen (secondary N) is 2. The number of aromatic nitrogens is 1. The highest BCUT2D eigenvalue weighted by Crippen LogP contribution is 2.61. The summed E-state index contributed by atoms with van der Waals surface area (Å²) in [6.07, 6.45) is 7.98. The Morgan fingerprint density at radius 3 is 2.15 bits per heavy atom. The van der Waals surface area contributed by atoms with Gasteiger partial charge in [-0.15, -0.1) is 0 Å². The van der Waals surface area contributed by atoms with E-state index in [1.54, 1.807) is 13.8 Å². The Kier molecular flexibility index (Phi) is 4.16. The molecule has 2 N–H and O–H groups in total. The van der Waals surface area contributed by atoms with Crippen molar-refractivity contribution in [3.8, 4) is 0 Å². The summed E-state index contributed by atoms with van der Waals surface area (Å²) < 4.78 is 4.85. The number of amides is 1. The quantitative estimate of drug-likeness (QED) is 0.805.